The summed E-state index contributed by atoms with van der Waals surface area (Å²) >= 11 is 0. The van der Waals surface area contributed by atoms with Gasteiger partial charge < -0.3 is 15.0 Å². The molecule has 1 aromatic carbocycles. The van der Waals surface area contributed by atoms with Gasteiger partial charge in [0.1, 0.15) is 5.75 Å². The third kappa shape index (κ3) is 2.36. The van der Waals surface area contributed by atoms with Crippen molar-refractivity contribution in [1.29, 1.82) is 0 Å². The van der Waals surface area contributed by atoms with Gasteiger partial charge in [0, 0.05) is 38.8 Å². The van der Waals surface area contributed by atoms with Crippen LogP contribution in [0.2, 0.25) is 0 Å². The molecule has 1 aliphatic rings. The van der Waals surface area contributed by atoms with Gasteiger partial charge in [0.25, 0.3) is 0 Å². The molecule has 2 aromatic rings. The normalized spacial score (nSPS) is 15.4. The van der Waals surface area contributed by atoms with Crippen LogP contribution < -0.4 is 15.0 Å². The molecule has 0 bridgehead atoms. The Labute approximate surface area is 119 Å². The minimum absolute atomic E-state index is 0.870. The summed E-state index contributed by atoms with van der Waals surface area (Å²) in [5, 5.41) is 7.82. The van der Waals surface area contributed by atoms with Gasteiger partial charge >= 0.3 is 0 Å². The van der Waals surface area contributed by atoms with Gasteiger partial charge in [-0.3, -0.25) is 4.68 Å². The van der Waals surface area contributed by atoms with Crippen LogP contribution in [0.25, 0.3) is 11.3 Å². The highest BCUT2D eigenvalue weighted by Crippen LogP contribution is 2.32. The Bertz CT molecular complexity index is 587. The molecule has 0 saturated carbocycles. The van der Waals surface area contributed by atoms with Crippen LogP contribution in [0.4, 0.5) is 5.69 Å². The second-order valence-electron chi connectivity index (χ2n) is 4.97. The molecule has 5 nitrogen and oxygen atoms in total. The van der Waals surface area contributed by atoms with E-state index >= 15 is 0 Å². The maximum absolute atomic E-state index is 5.32. The Balaban J connectivity index is 2.01. The highest BCUT2D eigenvalue weighted by atomic mass is 16.5. The average Bonchev–Trinajstić information content (AvgIpc) is 2.90. The van der Waals surface area contributed by atoms with Crippen LogP contribution in [0.1, 0.15) is 0 Å². The van der Waals surface area contributed by atoms with Crippen LogP contribution in [-0.2, 0) is 7.05 Å². The van der Waals surface area contributed by atoms with Crippen LogP contribution >= 0.6 is 0 Å². The van der Waals surface area contributed by atoms with E-state index in [1.807, 2.05) is 30.1 Å². The maximum atomic E-state index is 5.32. The van der Waals surface area contributed by atoms with E-state index in [4.69, 9.17) is 4.74 Å². The summed E-state index contributed by atoms with van der Waals surface area (Å²) in [6, 6.07) is 8.14. The SMILES string of the molecule is COc1cccc(-c2c(N3CCNCC3)cnn2C)c1. The van der Waals surface area contributed by atoms with Crippen LogP contribution in [0.3, 0.4) is 0 Å². The summed E-state index contributed by atoms with van der Waals surface area (Å²) < 4.78 is 7.26. The van der Waals surface area contributed by atoms with Crippen molar-refractivity contribution in [1.82, 2.24) is 15.1 Å². The molecule has 0 spiro atoms. The number of methoxy groups -OCH3 is 1. The molecule has 3 rings (SSSR count). The first-order chi connectivity index (χ1) is 9.79. The lowest BCUT2D eigenvalue weighted by Crippen LogP contribution is -2.43. The van der Waals surface area contributed by atoms with Crippen molar-refractivity contribution in [3.05, 3.63) is 30.5 Å². The minimum Gasteiger partial charge on any atom is -0.497 e. The Morgan fingerprint density at radius 2 is 2.05 bits per heavy atom. The van der Waals surface area contributed by atoms with Crippen molar-refractivity contribution in [2.24, 2.45) is 7.05 Å². The van der Waals surface area contributed by atoms with Gasteiger partial charge in [0.05, 0.1) is 24.7 Å². The molecule has 1 fully saturated rings. The molecule has 5 heteroatoms. The number of rotatable bonds is 3. The van der Waals surface area contributed by atoms with Gasteiger partial charge in [-0.15, -0.1) is 0 Å². The summed E-state index contributed by atoms with van der Waals surface area (Å²) in [4.78, 5) is 2.39. The third-order valence-electron chi connectivity index (χ3n) is 3.72. The summed E-state index contributed by atoms with van der Waals surface area (Å²) in [5.74, 6) is 0.870. The van der Waals surface area contributed by atoms with Gasteiger partial charge in [-0.1, -0.05) is 12.1 Å². The Morgan fingerprint density at radius 1 is 1.25 bits per heavy atom. The number of hydrogen-bond donors (Lipinski definition) is 1. The monoisotopic (exact) mass is 272 g/mol. The number of nitrogens with one attached hydrogen (secondary N) is 1. The summed E-state index contributed by atoms with van der Waals surface area (Å²) in [6.07, 6.45) is 1.96. The van der Waals surface area contributed by atoms with Gasteiger partial charge in [-0.2, -0.15) is 5.10 Å². The number of benzene rings is 1. The predicted octanol–water partition coefficient (Wildman–Crippen LogP) is 1.51. The van der Waals surface area contributed by atoms with Crippen LogP contribution in [-0.4, -0.2) is 43.1 Å². The van der Waals surface area contributed by atoms with E-state index in [9.17, 15) is 0 Å². The number of piperazine rings is 1. The lowest BCUT2D eigenvalue weighted by molar-refractivity contribution is 0.415. The molecular weight excluding hydrogens is 252 g/mol. The number of nitrogens with zero attached hydrogens (tertiary/aromatic N) is 3. The van der Waals surface area contributed by atoms with E-state index in [0.717, 1.165) is 43.2 Å². The molecule has 0 aliphatic carbocycles. The second-order valence-corrected chi connectivity index (χ2v) is 4.97. The zero-order valence-electron chi connectivity index (χ0n) is 12.0. The predicted molar refractivity (Wildman–Crippen MR) is 80.3 cm³/mol. The van der Waals surface area contributed by atoms with Crippen molar-refractivity contribution in [2.45, 2.75) is 0 Å². The first kappa shape index (κ1) is 13.0. The van der Waals surface area contributed by atoms with Crippen molar-refractivity contribution < 1.29 is 4.74 Å². The third-order valence-corrected chi connectivity index (χ3v) is 3.72. The summed E-state index contributed by atoms with van der Waals surface area (Å²) in [7, 11) is 3.68. The zero-order chi connectivity index (χ0) is 13.9. The molecule has 0 atom stereocenters. The van der Waals surface area contributed by atoms with E-state index < -0.39 is 0 Å². The van der Waals surface area contributed by atoms with E-state index in [2.05, 4.69) is 27.4 Å². The van der Waals surface area contributed by atoms with Crippen LogP contribution in [0.5, 0.6) is 5.75 Å². The molecule has 106 valence electrons. The fourth-order valence-electron chi connectivity index (χ4n) is 2.67. The Kier molecular flexibility index (Phi) is 3.60. The van der Waals surface area contributed by atoms with Crippen LogP contribution in [0.15, 0.2) is 30.5 Å². The standard InChI is InChI=1S/C15H20N4O/c1-18-15(12-4-3-5-13(10-12)20-2)14(11-17-18)19-8-6-16-7-9-19/h3-5,10-11,16H,6-9H2,1-2H3. The van der Waals surface area contributed by atoms with Gasteiger partial charge in [-0.05, 0) is 12.1 Å². The van der Waals surface area contributed by atoms with Crippen LogP contribution in [0, 0.1) is 0 Å². The molecule has 1 aromatic heterocycles. The highest BCUT2D eigenvalue weighted by Gasteiger charge is 2.19. The van der Waals surface area contributed by atoms with Gasteiger partial charge in [-0.25, -0.2) is 0 Å². The first-order valence-corrected chi connectivity index (χ1v) is 6.91. The fourth-order valence-corrected chi connectivity index (χ4v) is 2.67. The molecular formula is C15H20N4O. The van der Waals surface area contributed by atoms with Crippen molar-refractivity contribution in [3.8, 4) is 17.0 Å². The molecule has 20 heavy (non-hydrogen) atoms. The fraction of sp³-hybridized carbons (Fsp3) is 0.400. The maximum Gasteiger partial charge on any atom is 0.119 e. The van der Waals surface area contributed by atoms with E-state index in [1.54, 1.807) is 7.11 Å². The first-order valence-electron chi connectivity index (χ1n) is 6.91. The number of anilines is 1. The lowest BCUT2D eigenvalue weighted by atomic mass is 10.1. The van der Waals surface area contributed by atoms with E-state index in [1.165, 1.54) is 5.69 Å². The molecule has 0 unspecified atom stereocenters. The van der Waals surface area contributed by atoms with E-state index in [0.29, 0.717) is 0 Å². The summed E-state index contributed by atoms with van der Waals surface area (Å²) in [5.41, 5.74) is 3.48. The zero-order valence-corrected chi connectivity index (χ0v) is 12.0. The van der Waals surface area contributed by atoms with Crippen molar-refractivity contribution >= 4 is 5.69 Å². The van der Waals surface area contributed by atoms with Gasteiger partial charge in [0.15, 0.2) is 0 Å². The number of ether oxygens (including phenoxy) is 1. The molecule has 1 aliphatic heterocycles. The molecule has 1 N–H and O–H groups in total. The average molecular weight is 272 g/mol. The van der Waals surface area contributed by atoms with Gasteiger partial charge in [0.2, 0.25) is 0 Å². The van der Waals surface area contributed by atoms with Crippen molar-refractivity contribution in [2.75, 3.05) is 38.2 Å². The molecule has 2 heterocycles. The number of aryl methyl sites for hydroxylation is 1. The number of aromatic nitrogens is 2. The smallest absolute Gasteiger partial charge is 0.119 e. The largest absolute Gasteiger partial charge is 0.497 e. The highest BCUT2D eigenvalue weighted by molar-refractivity contribution is 5.76. The topological polar surface area (TPSA) is 42.3 Å². The Hall–Kier alpha value is -2.01. The second kappa shape index (κ2) is 5.54. The number of hydrogen-bond acceptors (Lipinski definition) is 4. The van der Waals surface area contributed by atoms with Crippen molar-refractivity contribution in [3.63, 3.8) is 0 Å². The summed E-state index contributed by atoms with van der Waals surface area (Å²) in [6.45, 7) is 4.07. The lowest BCUT2D eigenvalue weighted by Gasteiger charge is -2.29. The minimum atomic E-state index is 0.870. The quantitative estimate of drug-likeness (QED) is 0.919. The molecule has 1 saturated heterocycles. The molecule has 0 amide bonds. The van der Waals surface area contributed by atoms with E-state index in [-0.39, 0.29) is 0 Å². The molecule has 0 radical (unpaired) electrons. The Morgan fingerprint density at radius 3 is 2.80 bits per heavy atom.